The number of carboxylic acid groups (broad SMARTS) is 1. The van der Waals surface area contributed by atoms with Gasteiger partial charge in [0.25, 0.3) is 0 Å². The minimum Gasteiger partial charge on any atom is -0.478 e. The summed E-state index contributed by atoms with van der Waals surface area (Å²) >= 11 is 12.6. The first kappa shape index (κ1) is 15.6. The van der Waals surface area contributed by atoms with E-state index in [1.54, 1.807) is 18.2 Å². The third-order valence-corrected chi connectivity index (χ3v) is 5.43. The van der Waals surface area contributed by atoms with E-state index in [2.05, 4.69) is 17.5 Å². The molecule has 0 aromatic heterocycles. The second kappa shape index (κ2) is 5.83. The van der Waals surface area contributed by atoms with Crippen LogP contribution in [-0.2, 0) is 0 Å². The molecule has 0 saturated heterocycles. The van der Waals surface area contributed by atoms with Crippen molar-refractivity contribution in [1.29, 1.82) is 0 Å². The summed E-state index contributed by atoms with van der Waals surface area (Å²) in [6.07, 6.45) is 5.36. The average Bonchev–Trinajstić information content (AvgIpc) is 3.02. The summed E-state index contributed by atoms with van der Waals surface area (Å²) in [5, 5.41) is 13.9. The van der Waals surface area contributed by atoms with E-state index in [4.69, 9.17) is 28.3 Å². The number of allylic oxidation sites excluding steroid dienone is 2. The number of carbonyl (C=O) groups is 1. The highest BCUT2D eigenvalue weighted by Gasteiger charge is 2.39. The van der Waals surface area contributed by atoms with Gasteiger partial charge >= 0.3 is 5.97 Å². The number of fused-ring (bicyclic) bond motifs is 3. The summed E-state index contributed by atoms with van der Waals surface area (Å²) in [5.74, 6) is -0.315. The van der Waals surface area contributed by atoms with E-state index in [-0.39, 0.29) is 12.0 Å². The molecule has 0 saturated carbocycles. The lowest BCUT2D eigenvalue weighted by atomic mass is 9.77. The van der Waals surface area contributed by atoms with Crippen LogP contribution in [0.2, 0.25) is 10.0 Å². The number of nitrogens with one attached hydrogen (secondary N) is 1. The molecule has 0 radical (unpaired) electrons. The fraction of sp³-hybridized carbons (Fsp3) is 0.211. The predicted octanol–water partition coefficient (Wildman–Crippen LogP) is 5.52. The zero-order valence-electron chi connectivity index (χ0n) is 12.7. The van der Waals surface area contributed by atoms with Crippen molar-refractivity contribution in [3.05, 3.63) is 75.3 Å². The van der Waals surface area contributed by atoms with Crippen LogP contribution < -0.4 is 5.32 Å². The second-order valence-corrected chi connectivity index (χ2v) is 7.10. The molecule has 0 fully saturated rings. The largest absolute Gasteiger partial charge is 0.478 e. The number of halogens is 2. The zero-order valence-corrected chi connectivity index (χ0v) is 14.2. The Balaban J connectivity index is 1.76. The minimum absolute atomic E-state index is 0.0925. The van der Waals surface area contributed by atoms with Crippen LogP contribution in [0.5, 0.6) is 0 Å². The van der Waals surface area contributed by atoms with Gasteiger partial charge in [0.1, 0.15) is 0 Å². The maximum atomic E-state index is 11.1. The van der Waals surface area contributed by atoms with Crippen molar-refractivity contribution in [3.63, 3.8) is 0 Å². The molecule has 3 atom stereocenters. The number of benzene rings is 2. The van der Waals surface area contributed by atoms with E-state index in [1.165, 1.54) is 0 Å². The summed E-state index contributed by atoms with van der Waals surface area (Å²) < 4.78 is 0. The summed E-state index contributed by atoms with van der Waals surface area (Å²) in [4.78, 5) is 11.1. The molecule has 0 amide bonds. The Bertz CT molecular complexity index is 845. The third kappa shape index (κ3) is 2.48. The van der Waals surface area contributed by atoms with E-state index >= 15 is 0 Å². The maximum Gasteiger partial charge on any atom is 0.335 e. The molecule has 2 N–H and O–H groups in total. The average molecular weight is 360 g/mol. The molecule has 2 aromatic rings. The van der Waals surface area contributed by atoms with E-state index in [9.17, 15) is 4.79 Å². The van der Waals surface area contributed by atoms with Crippen LogP contribution in [0.3, 0.4) is 0 Å². The molecule has 1 heterocycles. The SMILES string of the molecule is O=C(O)c1ccc([C@H]2Nc3cc(Cl)cc(Cl)c3[C@@H]3C=CC[C@H]23)cc1. The molecule has 2 aromatic carbocycles. The highest BCUT2D eigenvalue weighted by atomic mass is 35.5. The predicted molar refractivity (Wildman–Crippen MR) is 96.2 cm³/mol. The van der Waals surface area contributed by atoms with Gasteiger partial charge in [-0.25, -0.2) is 4.79 Å². The van der Waals surface area contributed by atoms with Crippen LogP contribution in [0.4, 0.5) is 5.69 Å². The lowest BCUT2D eigenvalue weighted by Crippen LogP contribution is -2.29. The monoisotopic (exact) mass is 359 g/mol. The molecule has 0 bridgehead atoms. The fourth-order valence-corrected chi connectivity index (χ4v) is 4.43. The van der Waals surface area contributed by atoms with Crippen molar-refractivity contribution in [2.75, 3.05) is 5.32 Å². The number of aromatic carboxylic acids is 1. The molecule has 5 heteroatoms. The van der Waals surface area contributed by atoms with Crippen molar-refractivity contribution in [2.24, 2.45) is 5.92 Å². The summed E-state index contributed by atoms with van der Waals surface area (Å²) in [7, 11) is 0. The molecule has 0 unspecified atom stereocenters. The summed E-state index contributed by atoms with van der Waals surface area (Å²) in [6, 6.07) is 10.9. The van der Waals surface area contributed by atoms with Gasteiger partial charge in [0, 0.05) is 27.2 Å². The first-order chi connectivity index (χ1) is 11.5. The van der Waals surface area contributed by atoms with Gasteiger partial charge in [0.15, 0.2) is 0 Å². The van der Waals surface area contributed by atoms with Crippen LogP contribution in [-0.4, -0.2) is 11.1 Å². The minimum atomic E-state index is -0.914. The van der Waals surface area contributed by atoms with Gasteiger partial charge in [0.2, 0.25) is 0 Å². The Morgan fingerprint density at radius 2 is 1.92 bits per heavy atom. The van der Waals surface area contributed by atoms with Gasteiger partial charge in [-0.15, -0.1) is 0 Å². The van der Waals surface area contributed by atoms with Crippen molar-refractivity contribution in [3.8, 4) is 0 Å². The zero-order chi connectivity index (χ0) is 16.8. The molecule has 1 aliphatic heterocycles. The van der Waals surface area contributed by atoms with Crippen molar-refractivity contribution in [1.82, 2.24) is 0 Å². The Morgan fingerprint density at radius 3 is 2.62 bits per heavy atom. The molecule has 4 rings (SSSR count). The third-order valence-electron chi connectivity index (χ3n) is 4.90. The molecular weight excluding hydrogens is 345 g/mol. The van der Waals surface area contributed by atoms with Gasteiger partial charge in [0.05, 0.1) is 11.6 Å². The smallest absolute Gasteiger partial charge is 0.335 e. The standard InChI is InChI=1S/C19H15Cl2NO2/c20-12-8-15(21)17-13-2-1-3-14(13)18(22-16(17)9-12)10-4-6-11(7-5-10)19(23)24/h1-2,4-9,13-14,18,22H,3H2,(H,23,24)/t13-,14+,18-/m1/s1. The Labute approximate surface area is 149 Å². The Morgan fingerprint density at radius 1 is 1.17 bits per heavy atom. The Hall–Kier alpha value is -1.97. The number of hydrogen-bond donors (Lipinski definition) is 2. The van der Waals surface area contributed by atoms with Crippen molar-refractivity contribution < 1.29 is 9.90 Å². The molecule has 1 aliphatic carbocycles. The van der Waals surface area contributed by atoms with E-state index in [0.29, 0.717) is 21.5 Å². The molecule has 3 nitrogen and oxygen atoms in total. The summed E-state index contributed by atoms with van der Waals surface area (Å²) in [5.41, 5.74) is 3.41. The van der Waals surface area contributed by atoms with Crippen LogP contribution >= 0.6 is 23.2 Å². The first-order valence-corrected chi connectivity index (χ1v) is 8.55. The number of anilines is 1. The normalized spacial score (nSPS) is 24.2. The van der Waals surface area contributed by atoms with E-state index in [1.807, 2.05) is 18.2 Å². The highest BCUT2D eigenvalue weighted by Crippen LogP contribution is 2.52. The van der Waals surface area contributed by atoms with Crippen LogP contribution in [0.25, 0.3) is 0 Å². The number of hydrogen-bond acceptors (Lipinski definition) is 2. The highest BCUT2D eigenvalue weighted by molar-refractivity contribution is 6.35. The quantitative estimate of drug-likeness (QED) is 0.694. The van der Waals surface area contributed by atoms with Crippen LogP contribution in [0.1, 0.15) is 39.9 Å². The van der Waals surface area contributed by atoms with Gasteiger partial charge < -0.3 is 10.4 Å². The molecule has 122 valence electrons. The maximum absolute atomic E-state index is 11.1. The lowest BCUT2D eigenvalue weighted by Gasteiger charge is -2.38. The van der Waals surface area contributed by atoms with Gasteiger partial charge in [-0.2, -0.15) is 0 Å². The van der Waals surface area contributed by atoms with Gasteiger partial charge in [-0.1, -0.05) is 47.5 Å². The number of rotatable bonds is 2. The number of carboxylic acids is 1. The van der Waals surface area contributed by atoms with E-state index < -0.39 is 5.97 Å². The molecule has 24 heavy (non-hydrogen) atoms. The molecule has 2 aliphatic rings. The Kier molecular flexibility index (Phi) is 3.78. The second-order valence-electron chi connectivity index (χ2n) is 6.25. The molecular formula is C19H15Cl2NO2. The van der Waals surface area contributed by atoms with Crippen molar-refractivity contribution >= 4 is 34.9 Å². The van der Waals surface area contributed by atoms with Crippen LogP contribution in [0, 0.1) is 5.92 Å². The van der Waals surface area contributed by atoms with Crippen LogP contribution in [0.15, 0.2) is 48.6 Å². The van der Waals surface area contributed by atoms with E-state index in [0.717, 1.165) is 23.2 Å². The topological polar surface area (TPSA) is 49.3 Å². The molecule has 0 spiro atoms. The van der Waals surface area contributed by atoms with Gasteiger partial charge in [-0.3, -0.25) is 0 Å². The first-order valence-electron chi connectivity index (χ1n) is 7.80. The fourth-order valence-electron chi connectivity index (χ4n) is 3.81. The van der Waals surface area contributed by atoms with Crippen molar-refractivity contribution in [2.45, 2.75) is 18.4 Å². The van der Waals surface area contributed by atoms with Gasteiger partial charge in [-0.05, 0) is 42.2 Å². The lowest BCUT2D eigenvalue weighted by molar-refractivity contribution is 0.0697. The summed E-state index contributed by atoms with van der Waals surface area (Å²) in [6.45, 7) is 0.